The van der Waals surface area contributed by atoms with Gasteiger partial charge in [-0.3, -0.25) is 4.79 Å². The lowest BCUT2D eigenvalue weighted by molar-refractivity contribution is 0.0942. The molecular formula is C21H27ClN2O. The Morgan fingerprint density at radius 2 is 2.08 bits per heavy atom. The smallest absolute Gasteiger partial charge is 0.253 e. The Hall–Kier alpha value is -1.48. The van der Waals surface area contributed by atoms with E-state index in [2.05, 4.69) is 22.7 Å². The quantitative estimate of drug-likeness (QED) is 0.778. The van der Waals surface area contributed by atoms with Gasteiger partial charge in [0.1, 0.15) is 0 Å². The number of hydrogen-bond donors (Lipinski definition) is 1. The normalized spacial score (nSPS) is 24.2. The summed E-state index contributed by atoms with van der Waals surface area (Å²) in [5.41, 5.74) is 2.83. The van der Waals surface area contributed by atoms with E-state index in [4.69, 9.17) is 11.6 Å². The highest BCUT2D eigenvalue weighted by molar-refractivity contribution is 6.34. The molecule has 0 spiro atoms. The summed E-state index contributed by atoms with van der Waals surface area (Å²) in [6.07, 6.45) is 10.8. The first-order valence-corrected chi connectivity index (χ1v) is 10.1. The van der Waals surface area contributed by atoms with Crippen LogP contribution in [0.15, 0.2) is 24.4 Å². The van der Waals surface area contributed by atoms with E-state index in [0.717, 1.165) is 23.5 Å². The molecule has 3 nitrogen and oxygen atoms in total. The monoisotopic (exact) mass is 358 g/mol. The fraction of sp³-hybridized carbons (Fsp3) is 0.571. The number of nitrogens with zero attached hydrogens (tertiary/aromatic N) is 1. The van der Waals surface area contributed by atoms with E-state index in [1.165, 1.54) is 50.6 Å². The third-order valence-electron chi connectivity index (χ3n) is 6.13. The Morgan fingerprint density at radius 1 is 1.28 bits per heavy atom. The second kappa shape index (κ2) is 7.03. The van der Waals surface area contributed by atoms with Crippen molar-refractivity contribution in [1.29, 1.82) is 0 Å². The van der Waals surface area contributed by atoms with Crippen molar-refractivity contribution in [2.24, 2.45) is 11.8 Å². The van der Waals surface area contributed by atoms with Crippen LogP contribution in [0.5, 0.6) is 0 Å². The average Bonchev–Trinajstić information content (AvgIpc) is 2.92. The summed E-state index contributed by atoms with van der Waals surface area (Å²) >= 11 is 6.45. The van der Waals surface area contributed by atoms with E-state index in [-0.39, 0.29) is 5.91 Å². The highest BCUT2D eigenvalue weighted by Crippen LogP contribution is 2.39. The molecule has 2 fully saturated rings. The molecule has 2 aromatic rings. The minimum atomic E-state index is 0.0226. The Morgan fingerprint density at radius 3 is 2.80 bits per heavy atom. The van der Waals surface area contributed by atoms with Crippen molar-refractivity contribution in [1.82, 2.24) is 9.72 Å². The van der Waals surface area contributed by atoms with Gasteiger partial charge in [0.2, 0.25) is 0 Å². The first-order valence-electron chi connectivity index (χ1n) is 9.71. The van der Waals surface area contributed by atoms with Gasteiger partial charge in [0.05, 0.1) is 16.1 Å². The molecule has 0 aliphatic heterocycles. The minimum Gasteiger partial charge on any atom is -0.352 e. The largest absolute Gasteiger partial charge is 0.352 e. The highest BCUT2D eigenvalue weighted by Gasteiger charge is 2.27. The van der Waals surface area contributed by atoms with E-state index in [1.807, 2.05) is 18.3 Å². The topological polar surface area (TPSA) is 33.5 Å². The summed E-state index contributed by atoms with van der Waals surface area (Å²) in [5.74, 6) is 1.98. The summed E-state index contributed by atoms with van der Waals surface area (Å²) in [6, 6.07) is 5.91. The van der Waals surface area contributed by atoms with Crippen molar-refractivity contribution >= 4 is 23.0 Å². The standard InChI is InChI=1S/C21H27ClN2O/c1-14-5-2-6-15(11-14)13-23-21(25)17-12-19(16-7-3-8-16)24-10-4-9-18(22)20(17)24/h4,9-10,12,14-16H,2-3,5-8,11,13H2,1H3,(H,23,25). The summed E-state index contributed by atoms with van der Waals surface area (Å²) in [7, 11) is 0. The summed E-state index contributed by atoms with van der Waals surface area (Å²) < 4.78 is 2.13. The van der Waals surface area contributed by atoms with Crippen molar-refractivity contribution in [2.45, 2.75) is 57.8 Å². The predicted molar refractivity (Wildman–Crippen MR) is 102 cm³/mol. The van der Waals surface area contributed by atoms with Crippen LogP contribution >= 0.6 is 11.6 Å². The van der Waals surface area contributed by atoms with Gasteiger partial charge in [-0.2, -0.15) is 0 Å². The van der Waals surface area contributed by atoms with E-state index < -0.39 is 0 Å². The van der Waals surface area contributed by atoms with Crippen molar-refractivity contribution in [3.8, 4) is 0 Å². The molecule has 0 saturated heterocycles. The van der Waals surface area contributed by atoms with E-state index in [9.17, 15) is 4.79 Å². The third kappa shape index (κ3) is 3.31. The fourth-order valence-corrected chi connectivity index (χ4v) is 4.78. The van der Waals surface area contributed by atoms with E-state index >= 15 is 0 Å². The summed E-state index contributed by atoms with van der Waals surface area (Å²) in [5, 5.41) is 3.84. The lowest BCUT2D eigenvalue weighted by Crippen LogP contribution is -2.31. The summed E-state index contributed by atoms with van der Waals surface area (Å²) in [6.45, 7) is 3.10. The van der Waals surface area contributed by atoms with Gasteiger partial charge in [-0.05, 0) is 61.6 Å². The van der Waals surface area contributed by atoms with Gasteiger partial charge in [0, 0.05) is 18.4 Å². The maximum absolute atomic E-state index is 12.9. The number of nitrogens with one attached hydrogen (secondary N) is 1. The molecule has 2 saturated carbocycles. The number of carbonyl (C=O) groups excluding carboxylic acids is 1. The lowest BCUT2D eigenvalue weighted by Gasteiger charge is -2.26. The summed E-state index contributed by atoms with van der Waals surface area (Å²) in [4.78, 5) is 12.9. The van der Waals surface area contributed by atoms with Crippen LogP contribution in [0.4, 0.5) is 0 Å². The Labute approximate surface area is 154 Å². The molecule has 2 aliphatic rings. The number of halogens is 1. The van der Waals surface area contributed by atoms with Crippen LogP contribution in [-0.2, 0) is 0 Å². The van der Waals surface area contributed by atoms with Crippen LogP contribution in [0.1, 0.15) is 73.8 Å². The first-order chi connectivity index (χ1) is 12.1. The van der Waals surface area contributed by atoms with Gasteiger partial charge >= 0.3 is 0 Å². The average molecular weight is 359 g/mol. The number of hydrogen-bond acceptors (Lipinski definition) is 1. The molecule has 25 heavy (non-hydrogen) atoms. The zero-order valence-electron chi connectivity index (χ0n) is 14.9. The molecule has 1 N–H and O–H groups in total. The molecule has 4 heteroatoms. The van der Waals surface area contributed by atoms with Crippen molar-refractivity contribution in [3.63, 3.8) is 0 Å². The van der Waals surface area contributed by atoms with Crippen LogP contribution in [0.25, 0.3) is 5.52 Å². The van der Waals surface area contributed by atoms with Gasteiger partial charge in [-0.1, -0.05) is 37.8 Å². The number of fused-ring (bicyclic) bond motifs is 1. The zero-order chi connectivity index (χ0) is 17.4. The lowest BCUT2D eigenvalue weighted by atomic mass is 9.82. The molecule has 0 aromatic carbocycles. The molecule has 0 bridgehead atoms. The minimum absolute atomic E-state index is 0.0226. The van der Waals surface area contributed by atoms with Crippen LogP contribution < -0.4 is 5.32 Å². The molecule has 2 aliphatic carbocycles. The molecule has 2 aromatic heterocycles. The van der Waals surface area contributed by atoms with E-state index in [1.54, 1.807) is 0 Å². The number of pyridine rings is 1. The van der Waals surface area contributed by atoms with Gasteiger partial charge in [-0.25, -0.2) is 0 Å². The second-order valence-corrected chi connectivity index (χ2v) is 8.44. The van der Waals surface area contributed by atoms with Crippen molar-refractivity contribution in [2.75, 3.05) is 6.54 Å². The highest BCUT2D eigenvalue weighted by atomic mass is 35.5. The zero-order valence-corrected chi connectivity index (χ0v) is 15.7. The molecule has 4 rings (SSSR count). The molecule has 1 amide bonds. The van der Waals surface area contributed by atoms with Gasteiger partial charge in [-0.15, -0.1) is 0 Å². The fourth-order valence-electron chi connectivity index (χ4n) is 4.51. The third-order valence-corrected chi connectivity index (χ3v) is 6.44. The maximum atomic E-state index is 12.9. The maximum Gasteiger partial charge on any atom is 0.253 e. The van der Waals surface area contributed by atoms with Crippen molar-refractivity contribution < 1.29 is 4.79 Å². The molecular weight excluding hydrogens is 332 g/mol. The van der Waals surface area contributed by atoms with Crippen LogP contribution in [0, 0.1) is 11.8 Å². The van der Waals surface area contributed by atoms with Crippen LogP contribution in [0.2, 0.25) is 5.02 Å². The molecule has 2 unspecified atom stereocenters. The molecule has 134 valence electrons. The molecule has 2 atom stereocenters. The van der Waals surface area contributed by atoms with E-state index in [0.29, 0.717) is 16.9 Å². The number of aromatic nitrogens is 1. The number of rotatable bonds is 4. The van der Waals surface area contributed by atoms with Gasteiger partial charge in [0.25, 0.3) is 5.91 Å². The Bertz CT molecular complexity index is 778. The second-order valence-electron chi connectivity index (χ2n) is 8.03. The molecule has 0 radical (unpaired) electrons. The Kier molecular flexibility index (Phi) is 4.77. The Balaban J connectivity index is 1.56. The predicted octanol–water partition coefficient (Wildman–Crippen LogP) is 5.42. The molecule has 2 heterocycles. The number of amides is 1. The van der Waals surface area contributed by atoms with Gasteiger partial charge < -0.3 is 9.72 Å². The van der Waals surface area contributed by atoms with Crippen LogP contribution in [0.3, 0.4) is 0 Å². The first kappa shape index (κ1) is 17.0. The number of carbonyl (C=O) groups is 1. The van der Waals surface area contributed by atoms with Gasteiger partial charge in [0.15, 0.2) is 0 Å². The van der Waals surface area contributed by atoms with Crippen LogP contribution in [-0.4, -0.2) is 16.9 Å². The van der Waals surface area contributed by atoms with Crippen molar-refractivity contribution in [3.05, 3.63) is 40.7 Å². The SMILES string of the molecule is CC1CCCC(CNC(=O)c2cc(C3CCC3)n3cccc(Cl)c23)C1.